The third-order valence-electron chi connectivity index (χ3n) is 2.70. The van der Waals surface area contributed by atoms with Gasteiger partial charge in [0, 0.05) is 0 Å². The lowest BCUT2D eigenvalue weighted by molar-refractivity contribution is 0.346. The van der Waals surface area contributed by atoms with Crippen molar-refractivity contribution in [2.75, 3.05) is 0 Å². The van der Waals surface area contributed by atoms with Crippen LogP contribution in [0.1, 0.15) is 36.0 Å². The summed E-state index contributed by atoms with van der Waals surface area (Å²) in [5.41, 5.74) is 2.95. The van der Waals surface area contributed by atoms with Gasteiger partial charge in [-0.25, -0.2) is 0 Å². The van der Waals surface area contributed by atoms with Crippen molar-refractivity contribution in [3.8, 4) is 5.75 Å². The number of hydrogen-bond acceptors (Lipinski definition) is 0. The van der Waals surface area contributed by atoms with E-state index in [9.17, 15) is 5.11 Å². The highest BCUT2D eigenvalue weighted by molar-refractivity contribution is 5.43. The first-order valence-electron chi connectivity index (χ1n) is 5.22. The number of hydrogen-bond donors (Lipinski definition) is 0. The summed E-state index contributed by atoms with van der Waals surface area (Å²) >= 11 is 0. The van der Waals surface area contributed by atoms with Crippen molar-refractivity contribution in [3.63, 3.8) is 0 Å². The van der Waals surface area contributed by atoms with Gasteiger partial charge in [-0.2, -0.15) is 0 Å². The second kappa shape index (κ2) is 5.04. The van der Waals surface area contributed by atoms with Gasteiger partial charge >= 0.3 is 0 Å². The molecule has 0 aliphatic carbocycles. The molecule has 0 aliphatic rings. The molecule has 1 aromatic carbocycles. The third kappa shape index (κ3) is 2.50. The molecule has 1 nitrogen and oxygen atoms in total. The van der Waals surface area contributed by atoms with Gasteiger partial charge in [-0.15, -0.1) is 0 Å². The highest BCUT2D eigenvalue weighted by Gasteiger charge is 2.07. The van der Waals surface area contributed by atoms with Crippen LogP contribution in [0.4, 0.5) is 0 Å². The predicted octanol–water partition coefficient (Wildman–Crippen LogP) is 3.99. The molecule has 0 saturated carbocycles. The molecule has 0 amide bonds. The van der Waals surface area contributed by atoms with Crippen LogP contribution in [-0.4, -0.2) is 0 Å². The van der Waals surface area contributed by atoms with Crippen LogP contribution in [0.25, 0.3) is 0 Å². The van der Waals surface area contributed by atoms with E-state index < -0.39 is 0 Å². The normalized spacial score (nSPS) is 10.5. The van der Waals surface area contributed by atoms with Gasteiger partial charge in [0.15, 0.2) is 5.75 Å². The zero-order chi connectivity index (χ0) is 10.6. The summed E-state index contributed by atoms with van der Waals surface area (Å²) in [5.74, 6) is 0.231. The molecule has 0 aliphatic heterocycles. The van der Waals surface area contributed by atoms with E-state index in [4.69, 9.17) is 0 Å². The van der Waals surface area contributed by atoms with Crippen molar-refractivity contribution >= 4 is 0 Å². The van der Waals surface area contributed by atoms with E-state index in [-0.39, 0.29) is 5.75 Å². The molecule has 1 rings (SSSR count). The smallest absolute Gasteiger partial charge is 0.184 e. The second-order valence-electron chi connectivity index (χ2n) is 3.81. The van der Waals surface area contributed by atoms with Gasteiger partial charge in [0.1, 0.15) is 0 Å². The Hall–Kier alpha value is -0.980. The molecule has 1 aromatic rings. The minimum Gasteiger partial charge on any atom is -0.289 e. The van der Waals surface area contributed by atoms with Crippen LogP contribution < -0.4 is 0 Å². The van der Waals surface area contributed by atoms with Gasteiger partial charge in [-0.3, -0.25) is 5.11 Å². The fourth-order valence-corrected chi connectivity index (χ4v) is 1.54. The zero-order valence-corrected chi connectivity index (χ0v) is 9.10. The predicted molar refractivity (Wildman–Crippen MR) is 59.0 cm³/mol. The van der Waals surface area contributed by atoms with Crippen LogP contribution in [0.5, 0.6) is 5.75 Å². The Kier molecular flexibility index (Phi) is 3.99. The summed E-state index contributed by atoms with van der Waals surface area (Å²) < 4.78 is 0. The lowest BCUT2D eigenvalue weighted by Gasteiger charge is -2.06. The molecule has 2 radical (unpaired) electrons. The first-order valence-corrected chi connectivity index (χ1v) is 5.22. The Bertz CT molecular complexity index is 302. The highest BCUT2D eigenvalue weighted by atomic mass is 16.3. The van der Waals surface area contributed by atoms with Crippen LogP contribution >= 0.6 is 0 Å². The molecular formula is C13H18O. The van der Waals surface area contributed by atoms with Crippen LogP contribution in [0.15, 0.2) is 12.1 Å². The van der Waals surface area contributed by atoms with E-state index in [0.717, 1.165) is 42.4 Å². The van der Waals surface area contributed by atoms with Crippen LogP contribution in [0, 0.1) is 20.8 Å². The van der Waals surface area contributed by atoms with Gasteiger partial charge in [0.2, 0.25) is 0 Å². The summed E-state index contributed by atoms with van der Waals surface area (Å²) in [5, 5.41) is 11.8. The van der Waals surface area contributed by atoms with Crippen molar-refractivity contribution in [1.29, 1.82) is 0 Å². The van der Waals surface area contributed by atoms with Gasteiger partial charge in [-0.1, -0.05) is 31.9 Å². The maximum absolute atomic E-state index is 11.8. The first-order chi connectivity index (χ1) is 6.66. The Morgan fingerprint density at radius 2 is 1.93 bits per heavy atom. The minimum atomic E-state index is 0.231. The van der Waals surface area contributed by atoms with Gasteiger partial charge in [0.05, 0.1) is 0 Å². The molecule has 0 aromatic heterocycles. The van der Waals surface area contributed by atoms with Crippen molar-refractivity contribution < 1.29 is 5.11 Å². The zero-order valence-electron chi connectivity index (χ0n) is 9.10. The Labute approximate surface area is 86.8 Å². The molecule has 76 valence electrons. The summed E-state index contributed by atoms with van der Waals surface area (Å²) in [4.78, 5) is 0. The molecule has 0 saturated heterocycles. The van der Waals surface area contributed by atoms with E-state index in [1.807, 2.05) is 26.0 Å². The Balaban J connectivity index is 2.73. The van der Waals surface area contributed by atoms with Crippen molar-refractivity contribution in [1.82, 2.24) is 0 Å². The summed E-state index contributed by atoms with van der Waals surface area (Å²) in [6.07, 6.45) is 4.03. The lowest BCUT2D eigenvalue weighted by atomic mass is 10.0. The fraction of sp³-hybridized carbons (Fsp3) is 0.462. The molecule has 14 heavy (non-hydrogen) atoms. The molecule has 1 heteroatoms. The topological polar surface area (TPSA) is 19.9 Å². The quantitative estimate of drug-likeness (QED) is 0.640. The highest BCUT2D eigenvalue weighted by Crippen LogP contribution is 2.26. The molecule has 0 fully saturated rings. The van der Waals surface area contributed by atoms with E-state index >= 15 is 0 Å². The summed E-state index contributed by atoms with van der Waals surface area (Å²) in [7, 11) is 0. The van der Waals surface area contributed by atoms with Gasteiger partial charge in [0.25, 0.3) is 0 Å². The number of aryl methyl sites for hydroxylation is 2. The van der Waals surface area contributed by atoms with Crippen LogP contribution in [0.3, 0.4) is 0 Å². The van der Waals surface area contributed by atoms with Crippen LogP contribution in [-0.2, 0) is 11.5 Å². The maximum Gasteiger partial charge on any atom is 0.184 e. The molecular weight excluding hydrogens is 172 g/mol. The van der Waals surface area contributed by atoms with Crippen molar-refractivity contribution in [2.24, 2.45) is 0 Å². The molecule has 0 N–H and O–H groups in total. The maximum atomic E-state index is 11.8. The number of unbranched alkanes of at least 4 members (excludes halogenated alkanes) is 2. The number of benzene rings is 1. The first kappa shape index (κ1) is 11.1. The SMILES string of the molecule is [CH2]CCCCc1ccc(C)c(C)c1[O]. The Morgan fingerprint density at radius 1 is 1.21 bits per heavy atom. The van der Waals surface area contributed by atoms with E-state index in [0.29, 0.717) is 0 Å². The monoisotopic (exact) mass is 190 g/mol. The second-order valence-corrected chi connectivity index (χ2v) is 3.81. The molecule has 0 unspecified atom stereocenters. The third-order valence-corrected chi connectivity index (χ3v) is 2.70. The van der Waals surface area contributed by atoms with Crippen molar-refractivity contribution in [3.05, 3.63) is 35.7 Å². The van der Waals surface area contributed by atoms with Gasteiger partial charge in [-0.05, 0) is 43.4 Å². The Morgan fingerprint density at radius 3 is 2.57 bits per heavy atom. The van der Waals surface area contributed by atoms with Gasteiger partial charge < -0.3 is 0 Å². The van der Waals surface area contributed by atoms with E-state index in [2.05, 4.69) is 6.92 Å². The van der Waals surface area contributed by atoms with E-state index in [1.165, 1.54) is 0 Å². The standard InChI is InChI=1S/C13H18O/c1-4-5-6-7-12-9-8-10(2)11(3)13(12)14/h8-9H,1,4-7H2,2-3H3. The van der Waals surface area contributed by atoms with E-state index in [1.54, 1.807) is 0 Å². The molecule has 0 atom stereocenters. The van der Waals surface area contributed by atoms with Crippen molar-refractivity contribution in [2.45, 2.75) is 39.5 Å². The fourth-order valence-electron chi connectivity index (χ4n) is 1.54. The molecule has 0 spiro atoms. The average molecular weight is 190 g/mol. The number of rotatable bonds is 4. The minimum absolute atomic E-state index is 0.231. The lowest BCUT2D eigenvalue weighted by Crippen LogP contribution is -1.90. The summed E-state index contributed by atoms with van der Waals surface area (Å²) in [6.45, 7) is 7.68. The average Bonchev–Trinajstić information content (AvgIpc) is 2.18. The van der Waals surface area contributed by atoms with Crippen LogP contribution in [0.2, 0.25) is 0 Å². The molecule has 0 bridgehead atoms. The molecule has 0 heterocycles. The largest absolute Gasteiger partial charge is 0.289 e. The summed E-state index contributed by atoms with van der Waals surface area (Å²) in [6, 6.07) is 4.00.